The number of ether oxygens (including phenoxy) is 1. The molecule has 1 N–H and O–H groups in total. The molecule has 18 heavy (non-hydrogen) atoms. The summed E-state index contributed by atoms with van der Waals surface area (Å²) in [4.78, 5) is 11.4. The summed E-state index contributed by atoms with van der Waals surface area (Å²) in [6.45, 7) is 1.86. The van der Waals surface area contributed by atoms with E-state index in [1.807, 2.05) is 0 Å². The third kappa shape index (κ3) is 2.22. The Morgan fingerprint density at radius 2 is 2.22 bits per heavy atom. The van der Waals surface area contributed by atoms with E-state index in [2.05, 4.69) is 0 Å². The van der Waals surface area contributed by atoms with Gasteiger partial charge in [-0.3, -0.25) is 4.79 Å². The maximum atomic E-state index is 13.5. The highest BCUT2D eigenvalue weighted by Crippen LogP contribution is 2.41. The van der Waals surface area contributed by atoms with Crippen molar-refractivity contribution in [2.45, 2.75) is 31.8 Å². The van der Waals surface area contributed by atoms with Gasteiger partial charge in [-0.15, -0.1) is 0 Å². The number of halogens is 2. The fraction of sp³-hybridized carbons (Fsp3) is 0.462. The summed E-state index contributed by atoms with van der Waals surface area (Å²) >= 11 is 0. The first-order chi connectivity index (χ1) is 8.46. The third-order valence-corrected chi connectivity index (χ3v) is 3.19. The molecule has 1 atom stereocenters. The normalized spacial score (nSPS) is 21.8. The monoisotopic (exact) mass is 256 g/mol. The molecular weight excluding hydrogens is 242 g/mol. The molecule has 0 bridgehead atoms. The van der Waals surface area contributed by atoms with Gasteiger partial charge in [0.15, 0.2) is 0 Å². The summed E-state index contributed by atoms with van der Waals surface area (Å²) in [6, 6.07) is 1.87. The molecule has 0 radical (unpaired) electrons. The number of hydrogen-bond donors (Lipinski definition) is 1. The van der Waals surface area contributed by atoms with Crippen molar-refractivity contribution in [3.05, 3.63) is 34.9 Å². The second-order valence-electron chi connectivity index (χ2n) is 4.43. The summed E-state index contributed by atoms with van der Waals surface area (Å²) in [6.07, 6.45) is 0.204. The topological polar surface area (TPSA) is 46.5 Å². The van der Waals surface area contributed by atoms with Crippen LogP contribution in [-0.2, 0) is 21.6 Å². The lowest BCUT2D eigenvalue weighted by Gasteiger charge is -2.22. The number of benzene rings is 1. The van der Waals surface area contributed by atoms with Crippen LogP contribution >= 0.6 is 0 Å². The second-order valence-corrected chi connectivity index (χ2v) is 4.43. The van der Waals surface area contributed by atoms with E-state index < -0.39 is 23.2 Å². The highest BCUT2D eigenvalue weighted by atomic mass is 19.1. The van der Waals surface area contributed by atoms with Crippen molar-refractivity contribution in [3.8, 4) is 0 Å². The lowest BCUT2D eigenvalue weighted by atomic mass is 9.92. The van der Waals surface area contributed by atoms with Crippen molar-refractivity contribution >= 4 is 5.97 Å². The molecule has 1 aliphatic rings. The molecule has 0 spiro atoms. The van der Waals surface area contributed by atoms with Crippen LogP contribution in [-0.4, -0.2) is 17.7 Å². The van der Waals surface area contributed by atoms with Gasteiger partial charge in [0.1, 0.15) is 17.2 Å². The Bertz CT molecular complexity index is 487. The first-order valence-electron chi connectivity index (χ1n) is 5.82. The van der Waals surface area contributed by atoms with Crippen LogP contribution in [0.3, 0.4) is 0 Å². The zero-order chi connectivity index (χ0) is 13.3. The highest BCUT2D eigenvalue weighted by Gasteiger charge is 2.40. The smallest absolute Gasteiger partial charge is 0.309 e. The van der Waals surface area contributed by atoms with Crippen molar-refractivity contribution in [2.24, 2.45) is 0 Å². The molecule has 0 unspecified atom stereocenters. The van der Waals surface area contributed by atoms with E-state index in [4.69, 9.17) is 4.74 Å². The van der Waals surface area contributed by atoms with Crippen molar-refractivity contribution in [1.82, 2.24) is 0 Å². The van der Waals surface area contributed by atoms with Crippen molar-refractivity contribution in [1.29, 1.82) is 0 Å². The molecule has 0 aliphatic heterocycles. The predicted octanol–water partition coefficient (Wildman–Crippen LogP) is 2.05. The van der Waals surface area contributed by atoms with E-state index in [1.54, 1.807) is 6.92 Å². The van der Waals surface area contributed by atoms with Gasteiger partial charge in [-0.25, -0.2) is 8.78 Å². The lowest BCUT2D eigenvalue weighted by Crippen LogP contribution is -2.27. The molecule has 0 fully saturated rings. The summed E-state index contributed by atoms with van der Waals surface area (Å²) in [5.74, 6) is -2.00. The minimum Gasteiger partial charge on any atom is -0.466 e. The van der Waals surface area contributed by atoms with Gasteiger partial charge >= 0.3 is 5.97 Å². The van der Waals surface area contributed by atoms with Gasteiger partial charge in [0.05, 0.1) is 13.0 Å². The summed E-state index contributed by atoms with van der Waals surface area (Å²) in [5.41, 5.74) is -1.08. The fourth-order valence-corrected chi connectivity index (χ4v) is 2.37. The van der Waals surface area contributed by atoms with Gasteiger partial charge < -0.3 is 9.84 Å². The zero-order valence-electron chi connectivity index (χ0n) is 10.0. The Kier molecular flexibility index (Phi) is 3.34. The van der Waals surface area contributed by atoms with Crippen LogP contribution in [0.4, 0.5) is 8.78 Å². The van der Waals surface area contributed by atoms with Gasteiger partial charge in [-0.2, -0.15) is 0 Å². The number of carbonyl (C=O) groups excluding carboxylic acids is 1. The van der Waals surface area contributed by atoms with Crippen molar-refractivity contribution in [2.75, 3.05) is 6.61 Å². The Balaban J connectivity index is 2.32. The Morgan fingerprint density at radius 1 is 1.50 bits per heavy atom. The molecule has 1 aliphatic carbocycles. The third-order valence-electron chi connectivity index (χ3n) is 3.19. The predicted molar refractivity (Wildman–Crippen MR) is 59.8 cm³/mol. The van der Waals surface area contributed by atoms with Gasteiger partial charge in [0.25, 0.3) is 0 Å². The molecular formula is C13H14F2O3. The molecule has 0 amide bonds. The zero-order valence-corrected chi connectivity index (χ0v) is 10.0. The minimum absolute atomic E-state index is 0.160. The van der Waals surface area contributed by atoms with E-state index in [0.29, 0.717) is 0 Å². The Hall–Kier alpha value is -1.49. The first-order valence-corrected chi connectivity index (χ1v) is 5.82. The fourth-order valence-electron chi connectivity index (χ4n) is 2.37. The van der Waals surface area contributed by atoms with Crippen LogP contribution in [0.2, 0.25) is 0 Å². The molecule has 98 valence electrons. The molecule has 2 rings (SSSR count). The van der Waals surface area contributed by atoms with Gasteiger partial charge in [0.2, 0.25) is 0 Å². The molecule has 0 saturated carbocycles. The Labute approximate surface area is 103 Å². The minimum atomic E-state index is -1.52. The average Bonchev–Trinajstić information content (AvgIpc) is 2.57. The van der Waals surface area contributed by atoms with Crippen LogP contribution in [0.25, 0.3) is 0 Å². The number of fused-ring (bicyclic) bond motifs is 1. The summed E-state index contributed by atoms with van der Waals surface area (Å²) < 4.78 is 31.5. The largest absolute Gasteiger partial charge is 0.466 e. The summed E-state index contributed by atoms with van der Waals surface area (Å²) in [7, 11) is 0. The Morgan fingerprint density at radius 3 is 2.89 bits per heavy atom. The van der Waals surface area contributed by atoms with E-state index in [0.717, 1.165) is 12.1 Å². The van der Waals surface area contributed by atoms with Crippen molar-refractivity contribution < 1.29 is 23.4 Å². The molecule has 0 aromatic heterocycles. The molecule has 3 nitrogen and oxygen atoms in total. The quantitative estimate of drug-likeness (QED) is 0.842. The van der Waals surface area contributed by atoms with E-state index >= 15 is 0 Å². The van der Waals surface area contributed by atoms with Gasteiger partial charge in [-0.1, -0.05) is 0 Å². The molecule has 1 aromatic carbocycles. The summed E-state index contributed by atoms with van der Waals surface area (Å²) in [5, 5.41) is 10.4. The number of carbonyl (C=O) groups is 1. The molecule has 1 aromatic rings. The number of rotatable bonds is 3. The first kappa shape index (κ1) is 13.0. The number of esters is 1. The van der Waals surface area contributed by atoms with Gasteiger partial charge in [0, 0.05) is 6.07 Å². The SMILES string of the molecule is CCOC(=O)C[C@]1(O)CCc2c(F)cc(F)cc21. The maximum Gasteiger partial charge on any atom is 0.309 e. The van der Waals surface area contributed by atoms with Crippen molar-refractivity contribution in [3.63, 3.8) is 0 Å². The molecule has 5 heteroatoms. The molecule has 0 heterocycles. The van der Waals surface area contributed by atoms with Crippen LogP contribution in [0.5, 0.6) is 0 Å². The second kappa shape index (κ2) is 4.65. The lowest BCUT2D eigenvalue weighted by molar-refractivity contribution is -0.149. The van der Waals surface area contributed by atoms with Gasteiger partial charge in [-0.05, 0) is 37.0 Å². The van der Waals surface area contributed by atoms with E-state index in [1.165, 1.54) is 0 Å². The van der Waals surface area contributed by atoms with Crippen LogP contribution < -0.4 is 0 Å². The standard InChI is InChI=1S/C13H14F2O3/c1-2-18-12(16)7-13(17)4-3-9-10(13)5-8(14)6-11(9)15/h5-6,17H,2-4,7H2,1H3/t13-/m1/s1. The van der Waals surface area contributed by atoms with Crippen LogP contribution in [0.1, 0.15) is 30.9 Å². The average molecular weight is 256 g/mol. The maximum absolute atomic E-state index is 13.5. The highest BCUT2D eigenvalue weighted by molar-refractivity contribution is 5.71. The number of hydrogen-bond acceptors (Lipinski definition) is 3. The van der Waals surface area contributed by atoms with Crippen LogP contribution in [0, 0.1) is 11.6 Å². The molecule has 0 saturated heterocycles. The van der Waals surface area contributed by atoms with E-state index in [9.17, 15) is 18.7 Å². The number of aliphatic hydroxyl groups is 1. The van der Waals surface area contributed by atoms with E-state index in [-0.39, 0.29) is 37.0 Å². The van der Waals surface area contributed by atoms with Crippen LogP contribution in [0.15, 0.2) is 12.1 Å².